The van der Waals surface area contributed by atoms with E-state index in [0.717, 1.165) is 42.2 Å². The van der Waals surface area contributed by atoms with E-state index in [4.69, 9.17) is 0 Å². The Morgan fingerprint density at radius 1 is 0.938 bits per heavy atom. The Kier molecular flexibility index (Phi) is 6.08. The summed E-state index contributed by atoms with van der Waals surface area (Å²) in [6.07, 6.45) is 0. The van der Waals surface area contributed by atoms with E-state index in [2.05, 4.69) is 45.2 Å². The van der Waals surface area contributed by atoms with Crippen LogP contribution in [-0.2, 0) is 11.3 Å². The van der Waals surface area contributed by atoms with Crippen molar-refractivity contribution in [2.45, 2.75) is 28.4 Å². The van der Waals surface area contributed by atoms with Crippen molar-refractivity contribution in [2.75, 3.05) is 10.7 Å². The molecular formula is C24H19BrN4OS2. The molecule has 4 aromatic rings. The topological polar surface area (TPSA) is 51.0 Å². The van der Waals surface area contributed by atoms with E-state index >= 15 is 0 Å². The van der Waals surface area contributed by atoms with E-state index < -0.39 is 0 Å². The molecule has 5 nitrogen and oxygen atoms in total. The van der Waals surface area contributed by atoms with Gasteiger partial charge in [-0.25, -0.2) is 0 Å². The van der Waals surface area contributed by atoms with Gasteiger partial charge in [-0.2, -0.15) is 0 Å². The summed E-state index contributed by atoms with van der Waals surface area (Å²) >= 11 is 6.71. The number of thioether (sulfide) groups is 1. The first kappa shape index (κ1) is 21.3. The minimum atomic E-state index is 0.0169. The first-order chi connectivity index (χ1) is 15.7. The molecule has 0 N–H and O–H groups in total. The second-order valence-electron chi connectivity index (χ2n) is 7.09. The lowest BCUT2D eigenvalue weighted by Gasteiger charge is -2.30. The Morgan fingerprint density at radius 3 is 2.22 bits per heavy atom. The van der Waals surface area contributed by atoms with Crippen molar-refractivity contribution in [2.24, 2.45) is 0 Å². The van der Waals surface area contributed by atoms with Crippen molar-refractivity contribution in [3.05, 3.63) is 77.3 Å². The molecule has 0 radical (unpaired) electrons. The number of hydrogen-bond acceptors (Lipinski definition) is 5. The first-order valence-corrected chi connectivity index (χ1v) is 12.8. The summed E-state index contributed by atoms with van der Waals surface area (Å²) in [6.45, 7) is 2.77. The number of benzene rings is 3. The van der Waals surface area contributed by atoms with E-state index in [-0.39, 0.29) is 11.7 Å². The molecule has 160 valence electrons. The predicted molar refractivity (Wildman–Crippen MR) is 134 cm³/mol. The molecule has 0 saturated carbocycles. The van der Waals surface area contributed by atoms with E-state index in [0.29, 0.717) is 6.54 Å². The Labute approximate surface area is 203 Å². The number of carbonyl (C=O) groups is 1. The molecule has 3 aromatic carbocycles. The van der Waals surface area contributed by atoms with Crippen LogP contribution in [0.1, 0.15) is 6.92 Å². The number of fused-ring (bicyclic) bond motifs is 2. The lowest BCUT2D eigenvalue weighted by Crippen LogP contribution is -2.30. The second kappa shape index (κ2) is 9.13. The summed E-state index contributed by atoms with van der Waals surface area (Å²) in [7, 11) is 0. The second-order valence-corrected chi connectivity index (χ2v) is 9.97. The van der Waals surface area contributed by atoms with E-state index in [9.17, 15) is 4.79 Å². The molecule has 0 aliphatic carbocycles. The maximum atomic E-state index is 13.5. The molecule has 2 heterocycles. The Balaban J connectivity index is 1.43. The van der Waals surface area contributed by atoms with E-state index in [1.165, 1.54) is 11.8 Å². The summed E-state index contributed by atoms with van der Waals surface area (Å²) < 4.78 is 3.01. The van der Waals surface area contributed by atoms with Crippen LogP contribution < -0.4 is 4.90 Å². The lowest BCUT2D eigenvalue weighted by atomic mass is 10.2. The number of rotatable bonds is 5. The number of carbonyl (C=O) groups excluding carboxylic acids is 1. The van der Waals surface area contributed by atoms with Crippen LogP contribution in [0, 0.1) is 0 Å². The predicted octanol–water partition coefficient (Wildman–Crippen LogP) is 6.65. The highest BCUT2D eigenvalue weighted by molar-refractivity contribution is 9.10. The number of hydrogen-bond donors (Lipinski definition) is 0. The van der Waals surface area contributed by atoms with Gasteiger partial charge in [-0.1, -0.05) is 81.9 Å². The number of amides is 1. The number of nitrogens with zero attached hydrogens (tertiary/aromatic N) is 4. The van der Waals surface area contributed by atoms with Crippen molar-refractivity contribution < 1.29 is 4.79 Å². The van der Waals surface area contributed by atoms with Gasteiger partial charge in [0.1, 0.15) is 0 Å². The molecule has 0 bridgehead atoms. The highest BCUT2D eigenvalue weighted by Crippen LogP contribution is 2.48. The largest absolute Gasteiger partial charge is 0.302 e. The molecule has 0 fully saturated rings. The fourth-order valence-electron chi connectivity index (χ4n) is 3.69. The van der Waals surface area contributed by atoms with Crippen molar-refractivity contribution in [1.82, 2.24) is 14.8 Å². The molecule has 0 saturated heterocycles. The van der Waals surface area contributed by atoms with Gasteiger partial charge >= 0.3 is 0 Å². The van der Waals surface area contributed by atoms with Crippen LogP contribution in [-0.4, -0.2) is 26.4 Å². The summed E-state index contributed by atoms with van der Waals surface area (Å²) in [5.74, 6) is 1.07. The van der Waals surface area contributed by atoms with Crippen LogP contribution in [0.25, 0.3) is 11.4 Å². The van der Waals surface area contributed by atoms with Gasteiger partial charge in [0, 0.05) is 26.4 Å². The van der Waals surface area contributed by atoms with Gasteiger partial charge in [0.2, 0.25) is 5.91 Å². The zero-order chi connectivity index (χ0) is 22.1. The summed E-state index contributed by atoms with van der Waals surface area (Å²) in [6, 6.07) is 24.0. The molecule has 8 heteroatoms. The minimum absolute atomic E-state index is 0.0169. The normalized spacial score (nSPS) is 12.4. The Hall–Kier alpha value is -2.55. The lowest BCUT2D eigenvalue weighted by molar-refractivity contribution is -0.115. The maximum Gasteiger partial charge on any atom is 0.242 e. The Bertz CT molecular complexity index is 1260. The molecule has 1 aliphatic heterocycles. The molecule has 1 aliphatic rings. The molecule has 0 spiro atoms. The van der Waals surface area contributed by atoms with Gasteiger partial charge in [0.05, 0.1) is 17.1 Å². The molecular weight excluding hydrogens is 504 g/mol. The van der Waals surface area contributed by atoms with Gasteiger partial charge in [0.15, 0.2) is 11.0 Å². The minimum Gasteiger partial charge on any atom is -0.302 e. The quantitative estimate of drug-likeness (QED) is 0.274. The van der Waals surface area contributed by atoms with Crippen LogP contribution >= 0.6 is 39.5 Å². The molecule has 0 unspecified atom stereocenters. The Morgan fingerprint density at radius 2 is 1.56 bits per heavy atom. The van der Waals surface area contributed by atoms with Crippen LogP contribution in [0.15, 0.2) is 92.2 Å². The highest BCUT2D eigenvalue weighted by Gasteiger charge is 2.28. The van der Waals surface area contributed by atoms with Crippen molar-refractivity contribution in [3.63, 3.8) is 0 Å². The number of aromatic nitrogens is 3. The third-order valence-electron chi connectivity index (χ3n) is 5.15. The monoisotopic (exact) mass is 522 g/mol. The summed E-state index contributed by atoms with van der Waals surface area (Å²) in [5, 5.41) is 9.54. The molecule has 1 aromatic heterocycles. The standard InChI is InChI=1S/C24H19BrN4OS2/c1-2-28-23(16-9-3-4-10-17(16)25)26-27-24(28)31-15-22(30)29-18-11-5-7-13-20(18)32-21-14-8-6-12-19(21)29/h3-14H,2,15H2,1H3. The van der Waals surface area contributed by atoms with Gasteiger partial charge in [-0.15, -0.1) is 10.2 Å². The van der Waals surface area contributed by atoms with Gasteiger partial charge in [0.25, 0.3) is 0 Å². The number of para-hydroxylation sites is 2. The van der Waals surface area contributed by atoms with Crippen molar-refractivity contribution in [1.29, 1.82) is 0 Å². The van der Waals surface area contributed by atoms with Gasteiger partial charge in [-0.3, -0.25) is 9.69 Å². The fourth-order valence-corrected chi connectivity index (χ4v) is 6.06. The van der Waals surface area contributed by atoms with Gasteiger partial charge < -0.3 is 4.57 Å². The van der Waals surface area contributed by atoms with Crippen LogP contribution in [0.4, 0.5) is 11.4 Å². The third kappa shape index (κ3) is 3.87. The van der Waals surface area contributed by atoms with Crippen LogP contribution in [0.2, 0.25) is 0 Å². The zero-order valence-corrected chi connectivity index (χ0v) is 20.5. The zero-order valence-electron chi connectivity index (χ0n) is 17.2. The van der Waals surface area contributed by atoms with Crippen molar-refractivity contribution >= 4 is 56.7 Å². The van der Waals surface area contributed by atoms with Crippen LogP contribution in [0.3, 0.4) is 0 Å². The first-order valence-electron chi connectivity index (χ1n) is 10.2. The summed E-state index contributed by atoms with van der Waals surface area (Å²) in [5.41, 5.74) is 2.83. The maximum absolute atomic E-state index is 13.5. The molecule has 1 amide bonds. The fraction of sp³-hybridized carbons (Fsp3) is 0.125. The van der Waals surface area contributed by atoms with Gasteiger partial charge in [-0.05, 0) is 37.3 Å². The molecule has 32 heavy (non-hydrogen) atoms. The van der Waals surface area contributed by atoms with E-state index in [1.807, 2.05) is 70.1 Å². The highest BCUT2D eigenvalue weighted by atomic mass is 79.9. The average Bonchev–Trinajstić information content (AvgIpc) is 3.24. The van der Waals surface area contributed by atoms with Crippen LogP contribution in [0.5, 0.6) is 0 Å². The number of anilines is 2. The number of halogens is 1. The SMILES string of the molecule is CCn1c(SCC(=O)N2c3ccccc3Sc3ccccc32)nnc1-c1ccccc1Br. The van der Waals surface area contributed by atoms with Crippen molar-refractivity contribution in [3.8, 4) is 11.4 Å². The third-order valence-corrected chi connectivity index (χ3v) is 7.93. The molecule has 5 rings (SSSR count). The van der Waals surface area contributed by atoms with E-state index in [1.54, 1.807) is 11.8 Å². The average molecular weight is 523 g/mol. The molecule has 0 atom stereocenters. The summed E-state index contributed by atoms with van der Waals surface area (Å²) in [4.78, 5) is 17.4. The smallest absolute Gasteiger partial charge is 0.242 e.